The Labute approximate surface area is 93.7 Å². The lowest BCUT2D eigenvalue weighted by Gasteiger charge is -2.12. The van der Waals surface area contributed by atoms with Crippen molar-refractivity contribution in [2.75, 3.05) is 0 Å². The Hall–Kier alpha value is -2.15. The predicted octanol–water partition coefficient (Wildman–Crippen LogP) is 1.13. The quantitative estimate of drug-likeness (QED) is 0.800. The number of nitrogens with two attached hydrogens (primary N) is 1. The summed E-state index contributed by atoms with van der Waals surface area (Å²) in [4.78, 5) is 22.5. The van der Waals surface area contributed by atoms with Crippen LogP contribution in [0.4, 0.5) is 0 Å². The summed E-state index contributed by atoms with van der Waals surface area (Å²) in [7, 11) is 0. The van der Waals surface area contributed by atoms with Crippen LogP contribution < -0.4 is 5.73 Å². The molecule has 0 saturated heterocycles. The van der Waals surface area contributed by atoms with Crippen LogP contribution in [0.1, 0.15) is 24.3 Å². The van der Waals surface area contributed by atoms with Crippen LogP contribution in [-0.2, 0) is 9.59 Å². The maximum atomic E-state index is 11.6. The molecule has 1 atom stereocenters. The molecule has 1 rings (SSSR count). The normalized spacial score (nSPS) is 11.4. The SMILES string of the molecule is N#CCC(=O)C(CC(N)=O)c1ccccc1. The van der Waals surface area contributed by atoms with Crippen molar-refractivity contribution < 1.29 is 9.59 Å². The summed E-state index contributed by atoms with van der Waals surface area (Å²) < 4.78 is 0. The van der Waals surface area contributed by atoms with Crippen molar-refractivity contribution in [3.8, 4) is 6.07 Å². The summed E-state index contributed by atoms with van der Waals surface area (Å²) in [5.74, 6) is -1.41. The lowest BCUT2D eigenvalue weighted by molar-refractivity contribution is -0.124. The molecule has 1 unspecified atom stereocenters. The lowest BCUT2D eigenvalue weighted by Crippen LogP contribution is -2.21. The number of ketones is 1. The zero-order chi connectivity index (χ0) is 12.0. The van der Waals surface area contributed by atoms with Crippen molar-refractivity contribution in [1.82, 2.24) is 0 Å². The van der Waals surface area contributed by atoms with E-state index in [0.717, 1.165) is 5.56 Å². The fourth-order valence-electron chi connectivity index (χ4n) is 1.51. The van der Waals surface area contributed by atoms with E-state index < -0.39 is 11.8 Å². The Morgan fingerprint density at radius 2 is 1.94 bits per heavy atom. The van der Waals surface area contributed by atoms with Crippen LogP contribution in [0.3, 0.4) is 0 Å². The Morgan fingerprint density at radius 3 is 2.44 bits per heavy atom. The van der Waals surface area contributed by atoms with Crippen molar-refractivity contribution >= 4 is 11.7 Å². The second-order valence-electron chi connectivity index (χ2n) is 3.43. The number of carbonyl (C=O) groups excluding carboxylic acids is 2. The van der Waals surface area contributed by atoms with E-state index in [0.29, 0.717) is 0 Å². The van der Waals surface area contributed by atoms with Crippen molar-refractivity contribution in [1.29, 1.82) is 5.26 Å². The Balaban J connectivity index is 2.92. The third-order valence-corrected chi connectivity index (χ3v) is 2.25. The summed E-state index contributed by atoms with van der Waals surface area (Å²) >= 11 is 0. The number of carbonyl (C=O) groups is 2. The van der Waals surface area contributed by atoms with Crippen LogP contribution in [0, 0.1) is 11.3 Å². The predicted molar refractivity (Wildman–Crippen MR) is 58.2 cm³/mol. The number of nitriles is 1. The first kappa shape index (κ1) is 11.9. The van der Waals surface area contributed by atoms with Crippen molar-refractivity contribution in [2.45, 2.75) is 18.8 Å². The van der Waals surface area contributed by atoms with Gasteiger partial charge >= 0.3 is 0 Å². The Morgan fingerprint density at radius 1 is 1.31 bits per heavy atom. The van der Waals surface area contributed by atoms with Gasteiger partial charge in [0.1, 0.15) is 0 Å². The van der Waals surface area contributed by atoms with E-state index in [-0.39, 0.29) is 18.6 Å². The van der Waals surface area contributed by atoms with Gasteiger partial charge in [-0.3, -0.25) is 9.59 Å². The average molecular weight is 216 g/mol. The highest BCUT2D eigenvalue weighted by Crippen LogP contribution is 2.21. The zero-order valence-electron chi connectivity index (χ0n) is 8.72. The first-order valence-corrected chi connectivity index (χ1v) is 4.88. The van der Waals surface area contributed by atoms with E-state index in [4.69, 9.17) is 11.0 Å². The molecule has 4 nitrogen and oxygen atoms in total. The van der Waals surface area contributed by atoms with Gasteiger partial charge in [-0.15, -0.1) is 0 Å². The van der Waals surface area contributed by atoms with E-state index in [1.54, 1.807) is 30.3 Å². The van der Waals surface area contributed by atoms with Crippen LogP contribution in [0.2, 0.25) is 0 Å². The molecule has 0 spiro atoms. The van der Waals surface area contributed by atoms with Gasteiger partial charge in [0.05, 0.1) is 18.4 Å². The largest absolute Gasteiger partial charge is 0.370 e. The molecule has 0 aromatic heterocycles. The maximum absolute atomic E-state index is 11.6. The first-order chi connectivity index (χ1) is 7.65. The molecule has 0 heterocycles. The molecule has 0 fully saturated rings. The molecule has 1 aromatic rings. The highest BCUT2D eigenvalue weighted by molar-refractivity contribution is 5.91. The third-order valence-electron chi connectivity index (χ3n) is 2.25. The van der Waals surface area contributed by atoms with Gasteiger partial charge in [0.2, 0.25) is 5.91 Å². The summed E-state index contributed by atoms with van der Waals surface area (Å²) in [5, 5.41) is 8.48. The van der Waals surface area contributed by atoms with Crippen LogP contribution in [-0.4, -0.2) is 11.7 Å². The molecule has 1 aromatic carbocycles. The average Bonchev–Trinajstić information content (AvgIpc) is 2.27. The van der Waals surface area contributed by atoms with E-state index in [2.05, 4.69) is 0 Å². The minimum absolute atomic E-state index is 0.0511. The maximum Gasteiger partial charge on any atom is 0.218 e. The van der Waals surface area contributed by atoms with Crippen molar-refractivity contribution in [3.05, 3.63) is 35.9 Å². The number of hydrogen-bond acceptors (Lipinski definition) is 3. The third kappa shape index (κ3) is 3.21. The molecular formula is C12H12N2O2. The molecule has 2 N–H and O–H groups in total. The molecule has 1 amide bonds. The van der Waals surface area contributed by atoms with Gasteiger partial charge in [0, 0.05) is 6.42 Å². The van der Waals surface area contributed by atoms with Gasteiger partial charge in [-0.2, -0.15) is 5.26 Å². The van der Waals surface area contributed by atoms with E-state index in [1.807, 2.05) is 6.07 Å². The highest BCUT2D eigenvalue weighted by atomic mass is 16.1. The van der Waals surface area contributed by atoms with E-state index in [1.165, 1.54) is 0 Å². The number of Topliss-reactive ketones (excluding diaryl/α,β-unsaturated/α-hetero) is 1. The number of primary amides is 1. The molecule has 4 heteroatoms. The van der Waals surface area contributed by atoms with Crippen LogP contribution in [0.15, 0.2) is 30.3 Å². The van der Waals surface area contributed by atoms with Crippen LogP contribution in [0.5, 0.6) is 0 Å². The van der Waals surface area contributed by atoms with Gasteiger partial charge in [-0.05, 0) is 5.56 Å². The van der Waals surface area contributed by atoms with Crippen LogP contribution in [0.25, 0.3) is 0 Å². The number of rotatable bonds is 5. The van der Waals surface area contributed by atoms with Gasteiger partial charge in [0.15, 0.2) is 5.78 Å². The fourth-order valence-corrected chi connectivity index (χ4v) is 1.51. The second kappa shape index (κ2) is 5.66. The van der Waals surface area contributed by atoms with Crippen LogP contribution >= 0.6 is 0 Å². The molecule has 0 aliphatic carbocycles. The number of amides is 1. The minimum Gasteiger partial charge on any atom is -0.370 e. The Kier molecular flexibility index (Phi) is 4.22. The molecule has 0 bridgehead atoms. The highest BCUT2D eigenvalue weighted by Gasteiger charge is 2.21. The second-order valence-corrected chi connectivity index (χ2v) is 3.43. The smallest absolute Gasteiger partial charge is 0.218 e. The van der Waals surface area contributed by atoms with Gasteiger partial charge < -0.3 is 5.73 Å². The standard InChI is InChI=1S/C12H12N2O2/c13-7-6-11(15)10(8-12(14)16)9-4-2-1-3-5-9/h1-5,10H,6,8H2,(H2,14,16). The first-order valence-electron chi connectivity index (χ1n) is 4.88. The minimum atomic E-state index is -0.599. The van der Waals surface area contributed by atoms with Gasteiger partial charge in [-0.25, -0.2) is 0 Å². The lowest BCUT2D eigenvalue weighted by atomic mass is 9.90. The molecule has 0 aliphatic heterocycles. The number of benzene rings is 1. The van der Waals surface area contributed by atoms with E-state index in [9.17, 15) is 9.59 Å². The molecule has 0 saturated carbocycles. The van der Waals surface area contributed by atoms with Gasteiger partial charge in [-0.1, -0.05) is 30.3 Å². The zero-order valence-corrected chi connectivity index (χ0v) is 8.72. The fraction of sp³-hybridized carbons (Fsp3) is 0.250. The monoisotopic (exact) mass is 216 g/mol. The molecule has 0 aliphatic rings. The van der Waals surface area contributed by atoms with Crippen molar-refractivity contribution in [3.63, 3.8) is 0 Å². The summed E-state index contributed by atoms with van der Waals surface area (Å²) in [6, 6.07) is 10.7. The molecule has 82 valence electrons. The summed E-state index contributed by atoms with van der Waals surface area (Å²) in [6.45, 7) is 0. The molecular weight excluding hydrogens is 204 g/mol. The van der Waals surface area contributed by atoms with E-state index >= 15 is 0 Å². The van der Waals surface area contributed by atoms with Gasteiger partial charge in [0.25, 0.3) is 0 Å². The number of hydrogen-bond donors (Lipinski definition) is 1. The van der Waals surface area contributed by atoms with Crippen molar-refractivity contribution in [2.24, 2.45) is 5.73 Å². The molecule has 16 heavy (non-hydrogen) atoms. The Bertz CT molecular complexity index is 420. The summed E-state index contributed by atoms with van der Waals surface area (Å²) in [5.41, 5.74) is 5.81. The summed E-state index contributed by atoms with van der Waals surface area (Å²) in [6.07, 6.45) is -0.253. The number of nitrogens with zero attached hydrogens (tertiary/aromatic N) is 1. The topological polar surface area (TPSA) is 83.9 Å². The molecule has 0 radical (unpaired) electrons.